The van der Waals surface area contributed by atoms with Gasteiger partial charge in [0.25, 0.3) is 0 Å². The maximum absolute atomic E-state index is 13.8. The molecule has 0 unspecified atom stereocenters. The van der Waals surface area contributed by atoms with Crippen LogP contribution in [-0.2, 0) is 5.41 Å². The summed E-state index contributed by atoms with van der Waals surface area (Å²) in [6, 6.07) is 4.48. The molecule has 2 heteroatoms. The molecule has 0 saturated heterocycles. The Labute approximate surface area is 97.3 Å². The van der Waals surface area contributed by atoms with E-state index in [0.29, 0.717) is 5.56 Å². The van der Waals surface area contributed by atoms with E-state index in [4.69, 9.17) is 0 Å². The minimum absolute atomic E-state index is 0.0502. The minimum Gasteiger partial charge on any atom is -0.508 e. The summed E-state index contributed by atoms with van der Waals surface area (Å²) in [6.45, 7) is 10.3. The van der Waals surface area contributed by atoms with E-state index >= 15 is 0 Å². The number of phenols is 1. The molecule has 0 radical (unpaired) electrons. The lowest BCUT2D eigenvalue weighted by Gasteiger charge is -2.33. The van der Waals surface area contributed by atoms with Gasteiger partial charge in [-0.25, -0.2) is 4.39 Å². The van der Waals surface area contributed by atoms with Crippen molar-refractivity contribution in [2.45, 2.75) is 46.5 Å². The van der Waals surface area contributed by atoms with Gasteiger partial charge in [-0.2, -0.15) is 0 Å². The van der Waals surface area contributed by atoms with Crippen LogP contribution in [0.15, 0.2) is 18.2 Å². The first-order chi connectivity index (χ1) is 7.13. The number of aromatic hydroxyl groups is 1. The number of hydrogen-bond donors (Lipinski definition) is 1. The van der Waals surface area contributed by atoms with E-state index in [1.807, 2.05) is 13.8 Å². The van der Waals surface area contributed by atoms with E-state index in [0.717, 1.165) is 6.42 Å². The second-order valence-corrected chi connectivity index (χ2v) is 6.26. The summed E-state index contributed by atoms with van der Waals surface area (Å²) < 4.78 is 13.8. The normalized spacial score (nSPS) is 12.9. The standard InChI is InChI=1S/C14H21FO/c1-13(2,3)9-14(4,5)12-10(15)7-6-8-11(12)16/h6-8,16H,9H2,1-5H3. The highest BCUT2D eigenvalue weighted by Gasteiger charge is 2.31. The Hall–Kier alpha value is -1.05. The third kappa shape index (κ3) is 2.97. The summed E-state index contributed by atoms with van der Waals surface area (Å²) in [5.41, 5.74) is 0.149. The van der Waals surface area contributed by atoms with Gasteiger partial charge < -0.3 is 5.11 Å². The lowest BCUT2D eigenvalue weighted by atomic mass is 9.72. The van der Waals surface area contributed by atoms with Crippen LogP contribution in [0, 0.1) is 11.2 Å². The zero-order valence-electron chi connectivity index (χ0n) is 10.8. The first-order valence-electron chi connectivity index (χ1n) is 5.61. The van der Waals surface area contributed by atoms with Crippen LogP contribution in [0.3, 0.4) is 0 Å². The first-order valence-corrected chi connectivity index (χ1v) is 5.61. The molecule has 1 nitrogen and oxygen atoms in total. The van der Waals surface area contributed by atoms with Crippen molar-refractivity contribution in [1.29, 1.82) is 0 Å². The van der Waals surface area contributed by atoms with Gasteiger partial charge >= 0.3 is 0 Å². The quantitative estimate of drug-likeness (QED) is 0.796. The maximum Gasteiger partial charge on any atom is 0.130 e. The van der Waals surface area contributed by atoms with Gasteiger partial charge in [-0.15, -0.1) is 0 Å². The Kier molecular flexibility index (Phi) is 3.32. The van der Waals surface area contributed by atoms with Crippen LogP contribution < -0.4 is 0 Å². The lowest BCUT2D eigenvalue weighted by molar-refractivity contribution is 0.272. The zero-order valence-corrected chi connectivity index (χ0v) is 10.8. The molecular formula is C14H21FO. The SMILES string of the molecule is CC(C)(C)CC(C)(C)c1c(O)cccc1F. The molecule has 0 saturated carbocycles. The molecule has 0 heterocycles. The predicted octanol–water partition coefficient (Wildman–Crippen LogP) is 4.25. The fraction of sp³-hybridized carbons (Fsp3) is 0.571. The van der Waals surface area contributed by atoms with Gasteiger partial charge in [0.2, 0.25) is 0 Å². The number of rotatable bonds is 2. The Morgan fingerprint density at radius 1 is 1.12 bits per heavy atom. The van der Waals surface area contributed by atoms with E-state index in [-0.39, 0.29) is 22.4 Å². The second kappa shape index (κ2) is 4.08. The van der Waals surface area contributed by atoms with Gasteiger partial charge in [0.1, 0.15) is 11.6 Å². The van der Waals surface area contributed by atoms with Crippen molar-refractivity contribution in [3.8, 4) is 5.75 Å². The van der Waals surface area contributed by atoms with Crippen molar-refractivity contribution in [1.82, 2.24) is 0 Å². The first kappa shape index (κ1) is 13.0. The topological polar surface area (TPSA) is 20.2 Å². The van der Waals surface area contributed by atoms with Crippen LogP contribution in [0.25, 0.3) is 0 Å². The largest absolute Gasteiger partial charge is 0.508 e. The van der Waals surface area contributed by atoms with E-state index < -0.39 is 0 Å². The molecule has 0 bridgehead atoms. The number of hydrogen-bond acceptors (Lipinski definition) is 1. The Bertz CT molecular complexity index is 355. The zero-order chi connectivity index (χ0) is 12.6. The molecular weight excluding hydrogens is 203 g/mol. The Morgan fingerprint density at radius 2 is 1.69 bits per heavy atom. The molecule has 0 aromatic heterocycles. The van der Waals surface area contributed by atoms with Crippen LogP contribution in [0.4, 0.5) is 4.39 Å². The van der Waals surface area contributed by atoms with E-state index in [1.165, 1.54) is 12.1 Å². The van der Waals surface area contributed by atoms with Crippen LogP contribution in [0.2, 0.25) is 0 Å². The van der Waals surface area contributed by atoms with Crippen molar-refractivity contribution >= 4 is 0 Å². The third-order valence-corrected chi connectivity index (χ3v) is 2.64. The molecule has 0 spiro atoms. The van der Waals surface area contributed by atoms with E-state index in [1.54, 1.807) is 6.07 Å². The summed E-state index contributed by atoms with van der Waals surface area (Å²) in [6.07, 6.45) is 0.814. The Balaban J connectivity index is 3.16. The average Bonchev–Trinajstić information content (AvgIpc) is 1.97. The highest BCUT2D eigenvalue weighted by molar-refractivity contribution is 5.39. The van der Waals surface area contributed by atoms with Crippen molar-refractivity contribution < 1.29 is 9.50 Å². The van der Waals surface area contributed by atoms with Gasteiger partial charge in [0.15, 0.2) is 0 Å². The van der Waals surface area contributed by atoms with Crippen molar-refractivity contribution in [2.75, 3.05) is 0 Å². The molecule has 1 rings (SSSR count). The maximum atomic E-state index is 13.8. The van der Waals surface area contributed by atoms with Gasteiger partial charge in [-0.3, -0.25) is 0 Å². The molecule has 1 aromatic carbocycles. The molecule has 16 heavy (non-hydrogen) atoms. The molecule has 0 aliphatic carbocycles. The summed E-state index contributed by atoms with van der Waals surface area (Å²) in [7, 11) is 0. The predicted molar refractivity (Wildman–Crippen MR) is 65.2 cm³/mol. The molecule has 0 aliphatic rings. The van der Waals surface area contributed by atoms with Crippen LogP contribution in [-0.4, -0.2) is 5.11 Å². The number of benzene rings is 1. The van der Waals surface area contributed by atoms with Crippen LogP contribution in [0.5, 0.6) is 5.75 Å². The minimum atomic E-state index is -0.367. The molecule has 90 valence electrons. The monoisotopic (exact) mass is 224 g/mol. The Morgan fingerprint density at radius 3 is 2.12 bits per heavy atom. The van der Waals surface area contributed by atoms with Gasteiger partial charge in [0.05, 0.1) is 0 Å². The molecule has 0 amide bonds. The molecule has 1 aromatic rings. The van der Waals surface area contributed by atoms with E-state index in [9.17, 15) is 9.50 Å². The molecule has 0 fully saturated rings. The number of phenolic OH excluding ortho intramolecular Hbond substituents is 1. The lowest BCUT2D eigenvalue weighted by Crippen LogP contribution is -2.26. The summed E-state index contributed by atoms with van der Waals surface area (Å²) in [5.74, 6) is -0.275. The van der Waals surface area contributed by atoms with E-state index in [2.05, 4.69) is 20.8 Å². The van der Waals surface area contributed by atoms with Crippen molar-refractivity contribution in [2.24, 2.45) is 5.41 Å². The molecule has 0 aliphatic heterocycles. The van der Waals surface area contributed by atoms with Crippen LogP contribution >= 0.6 is 0 Å². The molecule has 0 atom stereocenters. The fourth-order valence-electron chi connectivity index (χ4n) is 2.60. The third-order valence-electron chi connectivity index (χ3n) is 2.64. The molecule has 1 N–H and O–H groups in total. The van der Waals surface area contributed by atoms with Gasteiger partial charge in [-0.1, -0.05) is 40.7 Å². The smallest absolute Gasteiger partial charge is 0.130 e. The summed E-state index contributed by atoms with van der Waals surface area (Å²) in [4.78, 5) is 0. The highest BCUT2D eigenvalue weighted by Crippen LogP contribution is 2.40. The summed E-state index contributed by atoms with van der Waals surface area (Å²) >= 11 is 0. The fourth-order valence-corrected chi connectivity index (χ4v) is 2.60. The summed E-state index contributed by atoms with van der Waals surface area (Å²) in [5, 5.41) is 9.78. The van der Waals surface area contributed by atoms with Gasteiger partial charge in [0, 0.05) is 5.56 Å². The van der Waals surface area contributed by atoms with Gasteiger partial charge in [-0.05, 0) is 29.4 Å². The second-order valence-electron chi connectivity index (χ2n) is 6.26. The highest BCUT2D eigenvalue weighted by atomic mass is 19.1. The van der Waals surface area contributed by atoms with Crippen molar-refractivity contribution in [3.63, 3.8) is 0 Å². The number of halogens is 1. The average molecular weight is 224 g/mol. The van der Waals surface area contributed by atoms with Crippen molar-refractivity contribution in [3.05, 3.63) is 29.6 Å². The van der Waals surface area contributed by atoms with Crippen LogP contribution in [0.1, 0.15) is 46.6 Å².